The summed E-state index contributed by atoms with van der Waals surface area (Å²) in [4.78, 5) is 10.6. The fourth-order valence-corrected chi connectivity index (χ4v) is 0.808. The number of hydrogen-bond acceptors (Lipinski definition) is 2. The third-order valence-electron chi connectivity index (χ3n) is 1.92. The van der Waals surface area contributed by atoms with Crippen LogP contribution >= 0.6 is 0 Å². The van der Waals surface area contributed by atoms with Crippen LogP contribution in [-0.4, -0.2) is 37.0 Å². The average Bonchev–Trinajstić information content (AvgIpc) is 2.21. The highest BCUT2D eigenvalue weighted by Gasteiger charge is 2.58. The molecule has 0 fully saturated rings. The smallest absolute Gasteiger partial charge is 0.422 e. The first kappa shape index (κ1) is 18.6. The fraction of sp³-hybridized carbons (Fsp3) is 0.667. The predicted molar refractivity (Wildman–Crippen MR) is 46.7 cm³/mol. The highest BCUT2D eigenvalue weighted by molar-refractivity contribution is 5.89. The lowest BCUT2D eigenvalue weighted by Crippen LogP contribution is -2.46. The maximum absolute atomic E-state index is 12.8. The molecule has 20 heavy (non-hydrogen) atoms. The molecule has 0 rings (SSSR count). The first-order valence-corrected chi connectivity index (χ1v) is 4.68. The second-order valence-corrected chi connectivity index (χ2v) is 3.56. The first-order valence-electron chi connectivity index (χ1n) is 4.68. The second-order valence-electron chi connectivity index (χ2n) is 3.56. The SMILES string of the molecule is C=C(C(=O)OCC(F)(F)C(F)(F)CC(F)F)C(F)(F)F. The van der Waals surface area contributed by atoms with Gasteiger partial charge in [0.05, 0.1) is 6.42 Å². The van der Waals surface area contributed by atoms with Crippen LogP contribution in [0.2, 0.25) is 0 Å². The quantitative estimate of drug-likeness (QED) is 0.425. The highest BCUT2D eigenvalue weighted by atomic mass is 19.4. The minimum absolute atomic E-state index is 2.19. The van der Waals surface area contributed by atoms with Gasteiger partial charge in [0.25, 0.3) is 0 Å². The molecule has 0 unspecified atom stereocenters. The van der Waals surface area contributed by atoms with Crippen molar-refractivity contribution in [3.05, 3.63) is 12.2 Å². The average molecular weight is 318 g/mol. The molecule has 0 aliphatic heterocycles. The number of hydrogen-bond donors (Lipinski definition) is 0. The summed E-state index contributed by atoms with van der Waals surface area (Å²) in [5.74, 6) is -12.9. The van der Waals surface area contributed by atoms with E-state index in [4.69, 9.17) is 0 Å². The monoisotopic (exact) mass is 318 g/mol. The fourth-order valence-electron chi connectivity index (χ4n) is 0.808. The normalized spacial score (nSPS) is 13.5. The van der Waals surface area contributed by atoms with Gasteiger partial charge in [-0.1, -0.05) is 6.58 Å². The molecule has 0 aromatic carbocycles. The number of carbonyl (C=O) groups is 1. The van der Waals surface area contributed by atoms with E-state index in [0.29, 0.717) is 0 Å². The van der Waals surface area contributed by atoms with Crippen molar-refractivity contribution in [2.75, 3.05) is 6.61 Å². The lowest BCUT2D eigenvalue weighted by molar-refractivity contribution is -0.243. The van der Waals surface area contributed by atoms with Crippen molar-refractivity contribution in [1.82, 2.24) is 0 Å². The molecule has 0 radical (unpaired) electrons. The molecule has 0 aromatic rings. The predicted octanol–water partition coefficient (Wildman–Crippen LogP) is 3.57. The van der Waals surface area contributed by atoms with Crippen LogP contribution in [-0.2, 0) is 9.53 Å². The van der Waals surface area contributed by atoms with Crippen molar-refractivity contribution in [2.24, 2.45) is 0 Å². The van der Waals surface area contributed by atoms with E-state index >= 15 is 0 Å². The van der Waals surface area contributed by atoms with Crippen molar-refractivity contribution < 1.29 is 49.0 Å². The molecule has 0 amide bonds. The van der Waals surface area contributed by atoms with Gasteiger partial charge < -0.3 is 4.74 Å². The van der Waals surface area contributed by atoms with Crippen LogP contribution in [0.15, 0.2) is 12.2 Å². The summed E-state index contributed by atoms with van der Waals surface area (Å²) in [6, 6.07) is 0. The summed E-state index contributed by atoms with van der Waals surface area (Å²) in [5.41, 5.74) is -2.19. The number of alkyl halides is 9. The Morgan fingerprint density at radius 2 is 1.45 bits per heavy atom. The van der Waals surface area contributed by atoms with Gasteiger partial charge in [0.1, 0.15) is 5.57 Å². The Bertz CT molecular complexity index is 372. The Morgan fingerprint density at radius 3 is 1.80 bits per heavy atom. The summed E-state index contributed by atoms with van der Waals surface area (Å²) in [6.45, 7) is -0.300. The number of carbonyl (C=O) groups excluding carboxylic acids is 1. The highest BCUT2D eigenvalue weighted by Crippen LogP contribution is 2.39. The maximum Gasteiger partial charge on any atom is 0.422 e. The maximum atomic E-state index is 12.8. The molecule has 0 N–H and O–H groups in total. The standard InChI is InChI=1S/C9H7F9O2/c1-4(9(16,17)18)6(19)20-3-8(14,15)7(12,13)2-5(10)11/h5H,1-3H2. The van der Waals surface area contributed by atoms with Crippen molar-refractivity contribution in [3.8, 4) is 0 Å². The topological polar surface area (TPSA) is 26.3 Å². The number of rotatable bonds is 6. The van der Waals surface area contributed by atoms with E-state index in [-0.39, 0.29) is 0 Å². The first-order chi connectivity index (χ1) is 8.71. The number of halogens is 9. The van der Waals surface area contributed by atoms with E-state index < -0.39 is 49.0 Å². The van der Waals surface area contributed by atoms with Gasteiger partial charge in [-0.2, -0.15) is 30.7 Å². The molecule has 0 aliphatic rings. The van der Waals surface area contributed by atoms with Crippen molar-refractivity contribution in [1.29, 1.82) is 0 Å². The molecule has 0 aromatic heterocycles. The third-order valence-corrected chi connectivity index (χ3v) is 1.92. The van der Waals surface area contributed by atoms with Gasteiger partial charge in [0, 0.05) is 0 Å². The molecule has 0 heterocycles. The Hall–Kier alpha value is -1.42. The Balaban J connectivity index is 4.72. The minimum Gasteiger partial charge on any atom is -0.455 e. The van der Waals surface area contributed by atoms with Crippen molar-refractivity contribution in [2.45, 2.75) is 30.9 Å². The van der Waals surface area contributed by atoms with Crippen LogP contribution in [0.1, 0.15) is 6.42 Å². The van der Waals surface area contributed by atoms with E-state index in [1.807, 2.05) is 0 Å². The van der Waals surface area contributed by atoms with Crippen LogP contribution in [0.5, 0.6) is 0 Å². The second kappa shape index (κ2) is 5.92. The summed E-state index contributed by atoms with van der Waals surface area (Å²) < 4.78 is 113. The molecule has 2 nitrogen and oxygen atoms in total. The zero-order valence-electron chi connectivity index (χ0n) is 9.42. The molecule has 118 valence electrons. The van der Waals surface area contributed by atoms with Gasteiger partial charge >= 0.3 is 24.0 Å². The van der Waals surface area contributed by atoms with E-state index in [9.17, 15) is 44.3 Å². The molecule has 11 heteroatoms. The van der Waals surface area contributed by atoms with Crippen LogP contribution in [0.4, 0.5) is 39.5 Å². The molecule has 0 saturated heterocycles. The molecular formula is C9H7F9O2. The Morgan fingerprint density at radius 1 is 1.00 bits per heavy atom. The van der Waals surface area contributed by atoms with E-state index in [0.717, 1.165) is 0 Å². The van der Waals surface area contributed by atoms with Gasteiger partial charge in [0.15, 0.2) is 6.61 Å². The third kappa shape index (κ3) is 4.93. The summed E-state index contributed by atoms with van der Waals surface area (Å²) in [6.07, 6.45) is -11.6. The zero-order valence-corrected chi connectivity index (χ0v) is 9.42. The molecule has 0 spiro atoms. The Kier molecular flexibility index (Phi) is 5.50. The molecule has 0 bridgehead atoms. The molecule has 0 saturated carbocycles. The lowest BCUT2D eigenvalue weighted by Gasteiger charge is -2.26. The van der Waals surface area contributed by atoms with Crippen LogP contribution in [0, 0.1) is 0 Å². The van der Waals surface area contributed by atoms with Gasteiger partial charge in [-0.15, -0.1) is 0 Å². The summed E-state index contributed by atoms with van der Waals surface area (Å²) in [5, 5.41) is 0. The van der Waals surface area contributed by atoms with Gasteiger partial charge in [-0.3, -0.25) is 0 Å². The summed E-state index contributed by atoms with van der Waals surface area (Å²) in [7, 11) is 0. The van der Waals surface area contributed by atoms with Crippen LogP contribution < -0.4 is 0 Å². The summed E-state index contributed by atoms with van der Waals surface area (Å²) >= 11 is 0. The number of esters is 1. The number of ether oxygens (including phenoxy) is 1. The van der Waals surface area contributed by atoms with E-state index in [1.54, 1.807) is 0 Å². The Labute approximate surface area is 106 Å². The van der Waals surface area contributed by atoms with Gasteiger partial charge in [-0.05, 0) is 0 Å². The lowest BCUT2D eigenvalue weighted by atomic mass is 10.1. The van der Waals surface area contributed by atoms with Crippen LogP contribution in [0.25, 0.3) is 0 Å². The largest absolute Gasteiger partial charge is 0.455 e. The van der Waals surface area contributed by atoms with Crippen LogP contribution in [0.3, 0.4) is 0 Å². The van der Waals surface area contributed by atoms with E-state index in [1.165, 1.54) is 0 Å². The van der Waals surface area contributed by atoms with Gasteiger partial charge in [-0.25, -0.2) is 13.6 Å². The zero-order chi connectivity index (χ0) is 16.4. The molecule has 0 atom stereocenters. The van der Waals surface area contributed by atoms with Crippen molar-refractivity contribution >= 4 is 5.97 Å². The minimum atomic E-state index is -5.29. The van der Waals surface area contributed by atoms with Gasteiger partial charge in [0.2, 0.25) is 6.43 Å². The van der Waals surface area contributed by atoms with Crippen molar-refractivity contribution in [3.63, 3.8) is 0 Å². The molecule has 0 aliphatic carbocycles. The molecular weight excluding hydrogens is 311 g/mol. The van der Waals surface area contributed by atoms with E-state index in [2.05, 4.69) is 11.3 Å².